The summed E-state index contributed by atoms with van der Waals surface area (Å²) in [5.74, 6) is -0.300. The molecular formula is C23H28F3N3O6S2. The van der Waals surface area contributed by atoms with Crippen LogP contribution in [0, 0.1) is 0 Å². The van der Waals surface area contributed by atoms with Crippen molar-refractivity contribution in [2.45, 2.75) is 30.3 Å². The van der Waals surface area contributed by atoms with E-state index in [0.717, 1.165) is 49.8 Å². The highest BCUT2D eigenvalue weighted by Crippen LogP contribution is 2.31. The minimum absolute atomic E-state index is 0.0112. The van der Waals surface area contributed by atoms with Crippen molar-refractivity contribution in [3.05, 3.63) is 54.1 Å². The second kappa shape index (κ2) is 11.7. The van der Waals surface area contributed by atoms with Gasteiger partial charge in [-0.15, -0.1) is 0 Å². The summed E-state index contributed by atoms with van der Waals surface area (Å²) < 4.78 is 95.6. The van der Waals surface area contributed by atoms with Gasteiger partial charge in [0.2, 0.25) is 26.0 Å². The average Bonchev–Trinajstić information content (AvgIpc) is 2.85. The average molecular weight is 564 g/mol. The molecule has 0 atom stereocenters. The molecule has 37 heavy (non-hydrogen) atoms. The van der Waals surface area contributed by atoms with Crippen molar-refractivity contribution in [2.24, 2.45) is 0 Å². The third kappa shape index (κ3) is 7.82. The number of hydrogen-bond acceptors (Lipinski definition) is 6. The maximum Gasteiger partial charge on any atom is 0.416 e. The zero-order valence-electron chi connectivity index (χ0n) is 20.1. The minimum Gasteiger partial charge on any atom is -0.492 e. The molecule has 1 aliphatic heterocycles. The van der Waals surface area contributed by atoms with Crippen LogP contribution < -0.4 is 14.4 Å². The van der Waals surface area contributed by atoms with Crippen LogP contribution in [0.15, 0.2) is 53.4 Å². The molecule has 204 valence electrons. The molecule has 2 aromatic carbocycles. The van der Waals surface area contributed by atoms with Crippen molar-refractivity contribution in [2.75, 3.05) is 43.3 Å². The molecule has 1 heterocycles. The Kier molecular flexibility index (Phi) is 9.08. The predicted molar refractivity (Wildman–Crippen MR) is 131 cm³/mol. The molecule has 1 aliphatic rings. The fraction of sp³-hybridized carbons (Fsp3) is 0.435. The molecule has 1 saturated heterocycles. The van der Waals surface area contributed by atoms with Crippen LogP contribution in [0.3, 0.4) is 0 Å². The number of rotatable bonds is 10. The fourth-order valence-corrected chi connectivity index (χ4v) is 6.10. The molecule has 2 aromatic rings. The summed E-state index contributed by atoms with van der Waals surface area (Å²) in [6.07, 6.45) is -1.06. The summed E-state index contributed by atoms with van der Waals surface area (Å²) in [4.78, 5) is 12.5. The molecule has 9 nitrogen and oxygen atoms in total. The van der Waals surface area contributed by atoms with Gasteiger partial charge < -0.3 is 10.1 Å². The van der Waals surface area contributed by atoms with Gasteiger partial charge in [-0.25, -0.2) is 16.8 Å². The fourth-order valence-electron chi connectivity index (χ4n) is 3.72. The van der Waals surface area contributed by atoms with Gasteiger partial charge in [0.05, 0.1) is 28.9 Å². The Hall–Kier alpha value is -2.84. The van der Waals surface area contributed by atoms with E-state index < -0.39 is 44.2 Å². The van der Waals surface area contributed by atoms with E-state index in [4.69, 9.17) is 4.74 Å². The number of alkyl halides is 3. The molecule has 1 amide bonds. The van der Waals surface area contributed by atoms with Crippen LogP contribution in [0.5, 0.6) is 5.75 Å². The van der Waals surface area contributed by atoms with E-state index >= 15 is 0 Å². The molecule has 0 aromatic heterocycles. The Morgan fingerprint density at radius 1 is 0.973 bits per heavy atom. The number of hydrogen-bond donors (Lipinski definition) is 1. The number of halogens is 3. The maximum absolute atomic E-state index is 12.8. The molecule has 0 spiro atoms. The van der Waals surface area contributed by atoms with Crippen LogP contribution in [-0.4, -0.2) is 66.1 Å². The van der Waals surface area contributed by atoms with E-state index in [9.17, 15) is 34.8 Å². The minimum atomic E-state index is -4.58. The van der Waals surface area contributed by atoms with Gasteiger partial charge >= 0.3 is 6.18 Å². The molecular weight excluding hydrogens is 535 g/mol. The molecule has 0 radical (unpaired) electrons. The number of nitrogens with one attached hydrogen (secondary N) is 1. The van der Waals surface area contributed by atoms with Crippen LogP contribution in [0.2, 0.25) is 0 Å². The first-order chi connectivity index (χ1) is 17.3. The van der Waals surface area contributed by atoms with E-state index in [1.54, 1.807) is 0 Å². The lowest BCUT2D eigenvalue weighted by Crippen LogP contribution is -2.41. The molecule has 0 saturated carbocycles. The lowest BCUT2D eigenvalue weighted by Gasteiger charge is -2.25. The monoisotopic (exact) mass is 563 g/mol. The van der Waals surface area contributed by atoms with E-state index in [-0.39, 0.29) is 23.7 Å². The number of carbonyl (C=O) groups is 1. The Labute approximate surface area is 214 Å². The summed E-state index contributed by atoms with van der Waals surface area (Å²) in [6.45, 7) is 0.388. The van der Waals surface area contributed by atoms with Gasteiger partial charge in [0, 0.05) is 13.1 Å². The molecule has 1 N–H and O–H groups in total. The number of piperidine rings is 1. The summed E-state index contributed by atoms with van der Waals surface area (Å²) in [5.41, 5.74) is -1.02. The first-order valence-corrected chi connectivity index (χ1v) is 14.7. The summed E-state index contributed by atoms with van der Waals surface area (Å²) >= 11 is 0. The third-order valence-electron chi connectivity index (χ3n) is 5.64. The SMILES string of the molecule is CS(=O)(=O)N(CC(=O)NCCOc1ccc(S(=O)(=O)N2CCCCC2)cc1)c1ccc(C(F)(F)F)cc1. The van der Waals surface area contributed by atoms with Gasteiger partial charge in [-0.3, -0.25) is 9.10 Å². The van der Waals surface area contributed by atoms with E-state index in [2.05, 4.69) is 5.32 Å². The number of amides is 1. The Bertz CT molecular complexity index is 1280. The topological polar surface area (TPSA) is 113 Å². The number of sulfonamides is 2. The first-order valence-electron chi connectivity index (χ1n) is 11.4. The number of carbonyl (C=O) groups excluding carboxylic acids is 1. The Balaban J connectivity index is 1.51. The van der Waals surface area contributed by atoms with Crippen molar-refractivity contribution in [3.8, 4) is 5.75 Å². The largest absolute Gasteiger partial charge is 0.492 e. The molecule has 0 bridgehead atoms. The highest BCUT2D eigenvalue weighted by molar-refractivity contribution is 7.92. The van der Waals surface area contributed by atoms with Gasteiger partial charge in [-0.1, -0.05) is 6.42 Å². The number of anilines is 1. The normalized spacial score (nSPS) is 15.2. The second-order valence-electron chi connectivity index (χ2n) is 8.45. The number of ether oxygens (including phenoxy) is 1. The zero-order chi connectivity index (χ0) is 27.3. The quantitative estimate of drug-likeness (QED) is 0.445. The van der Waals surface area contributed by atoms with Crippen LogP contribution in [0.25, 0.3) is 0 Å². The Morgan fingerprint density at radius 2 is 1.57 bits per heavy atom. The highest BCUT2D eigenvalue weighted by Gasteiger charge is 2.31. The summed E-state index contributed by atoms with van der Waals surface area (Å²) in [7, 11) is -7.51. The number of benzene rings is 2. The zero-order valence-corrected chi connectivity index (χ0v) is 21.7. The molecule has 0 unspecified atom stereocenters. The van der Waals surface area contributed by atoms with Crippen LogP contribution in [-0.2, 0) is 31.0 Å². The lowest BCUT2D eigenvalue weighted by molar-refractivity contribution is -0.137. The van der Waals surface area contributed by atoms with Crippen molar-refractivity contribution in [3.63, 3.8) is 0 Å². The van der Waals surface area contributed by atoms with Crippen LogP contribution >= 0.6 is 0 Å². The standard InChI is InChI=1S/C23H28F3N3O6S2/c1-36(31,32)29(19-7-5-18(6-8-19)23(24,25)26)17-22(30)27-13-16-35-20-9-11-21(12-10-20)37(33,34)28-14-3-2-4-15-28/h5-12H,2-4,13-17H2,1H3,(H,27,30). The van der Waals surface area contributed by atoms with Crippen molar-refractivity contribution >= 4 is 31.6 Å². The Morgan fingerprint density at radius 3 is 2.11 bits per heavy atom. The van der Waals surface area contributed by atoms with Gasteiger partial charge in [0.15, 0.2) is 0 Å². The van der Waals surface area contributed by atoms with Crippen molar-refractivity contribution in [1.82, 2.24) is 9.62 Å². The lowest BCUT2D eigenvalue weighted by atomic mass is 10.2. The van der Waals surface area contributed by atoms with Gasteiger partial charge in [-0.05, 0) is 61.4 Å². The maximum atomic E-state index is 12.8. The van der Waals surface area contributed by atoms with Crippen molar-refractivity contribution in [1.29, 1.82) is 0 Å². The van der Waals surface area contributed by atoms with Crippen LogP contribution in [0.4, 0.5) is 18.9 Å². The highest BCUT2D eigenvalue weighted by atomic mass is 32.2. The molecule has 0 aliphatic carbocycles. The molecule has 14 heteroatoms. The second-order valence-corrected chi connectivity index (χ2v) is 12.3. The summed E-state index contributed by atoms with van der Waals surface area (Å²) in [5, 5.41) is 2.49. The first kappa shape index (κ1) is 28.7. The van der Waals surface area contributed by atoms with Gasteiger partial charge in [-0.2, -0.15) is 17.5 Å². The molecule has 3 rings (SSSR count). The van der Waals surface area contributed by atoms with Gasteiger partial charge in [0.1, 0.15) is 18.9 Å². The van der Waals surface area contributed by atoms with Crippen LogP contribution in [0.1, 0.15) is 24.8 Å². The number of nitrogens with zero attached hydrogens (tertiary/aromatic N) is 2. The predicted octanol–water partition coefficient (Wildman–Crippen LogP) is 2.84. The molecule has 1 fully saturated rings. The van der Waals surface area contributed by atoms with E-state index in [1.807, 2.05) is 0 Å². The third-order valence-corrected chi connectivity index (χ3v) is 8.69. The van der Waals surface area contributed by atoms with E-state index in [1.165, 1.54) is 28.6 Å². The van der Waals surface area contributed by atoms with E-state index in [0.29, 0.717) is 23.1 Å². The smallest absolute Gasteiger partial charge is 0.416 e. The van der Waals surface area contributed by atoms with Gasteiger partial charge in [0.25, 0.3) is 0 Å². The summed E-state index contributed by atoms with van der Waals surface area (Å²) in [6, 6.07) is 9.36. The van der Waals surface area contributed by atoms with Crippen molar-refractivity contribution < 1.29 is 39.5 Å².